The second kappa shape index (κ2) is 11.0. The number of amides is 1. The Morgan fingerprint density at radius 1 is 0.854 bits per heavy atom. The monoisotopic (exact) mass is 588 g/mol. The molecular formula is C29H24N4O6S2. The van der Waals surface area contributed by atoms with Gasteiger partial charge >= 0.3 is 0 Å². The molecule has 208 valence electrons. The van der Waals surface area contributed by atoms with Gasteiger partial charge in [0.25, 0.3) is 5.91 Å². The molecule has 0 saturated carbocycles. The number of carbonyl (C=O) groups excluding carboxylic acids is 1. The Morgan fingerprint density at radius 3 is 2.34 bits per heavy atom. The average Bonchev–Trinajstić information content (AvgIpc) is 2.95. The van der Waals surface area contributed by atoms with Crippen molar-refractivity contribution in [1.82, 2.24) is 4.98 Å². The van der Waals surface area contributed by atoms with Gasteiger partial charge in [0.05, 0.1) is 21.2 Å². The van der Waals surface area contributed by atoms with Crippen LogP contribution in [-0.4, -0.2) is 34.0 Å². The van der Waals surface area contributed by atoms with Crippen molar-refractivity contribution in [2.24, 2.45) is 5.14 Å². The normalized spacial score (nSPS) is 11.7. The first-order valence-electron chi connectivity index (χ1n) is 12.1. The summed E-state index contributed by atoms with van der Waals surface area (Å²) in [4.78, 5) is 23.0. The number of hydrogen-bond acceptors (Lipinski definition) is 8. The van der Waals surface area contributed by atoms with Gasteiger partial charge in [-0.05, 0) is 65.5 Å². The van der Waals surface area contributed by atoms with Gasteiger partial charge in [-0.1, -0.05) is 36.4 Å². The van der Waals surface area contributed by atoms with Crippen LogP contribution in [0.15, 0.2) is 113 Å². The maximum absolute atomic E-state index is 13.2. The quantitative estimate of drug-likeness (QED) is 0.222. The van der Waals surface area contributed by atoms with Crippen LogP contribution >= 0.6 is 0 Å². The number of fused-ring (bicyclic) bond motifs is 1. The summed E-state index contributed by atoms with van der Waals surface area (Å²) in [6, 6.07) is 24.1. The van der Waals surface area contributed by atoms with E-state index in [1.54, 1.807) is 48.8 Å². The first-order chi connectivity index (χ1) is 19.5. The number of anilines is 2. The Labute approximate surface area is 236 Å². The molecule has 0 saturated heterocycles. The maximum atomic E-state index is 13.2. The number of benzene rings is 4. The zero-order valence-electron chi connectivity index (χ0n) is 21.6. The van der Waals surface area contributed by atoms with Gasteiger partial charge in [0.1, 0.15) is 0 Å². The smallest absolute Gasteiger partial charge is 0.255 e. The van der Waals surface area contributed by atoms with Crippen LogP contribution in [0.3, 0.4) is 0 Å². The molecule has 0 fully saturated rings. The molecule has 1 heterocycles. The van der Waals surface area contributed by atoms with Gasteiger partial charge in [-0.2, -0.15) is 0 Å². The Balaban J connectivity index is 1.40. The number of pyridine rings is 1. The van der Waals surface area contributed by atoms with E-state index in [-0.39, 0.29) is 26.8 Å². The topological polar surface area (TPSA) is 158 Å². The number of rotatable bonds is 8. The van der Waals surface area contributed by atoms with Gasteiger partial charge in [0, 0.05) is 35.2 Å². The fourth-order valence-corrected chi connectivity index (χ4v) is 5.55. The van der Waals surface area contributed by atoms with Gasteiger partial charge in [-0.3, -0.25) is 9.78 Å². The molecule has 41 heavy (non-hydrogen) atoms. The standard InChI is InChI=1S/C29H24N4O6S2/c1-40(35,36)24-12-13-27(39-33-23-11-10-19-14-15-31-18-22(19)16-23)26(17-24)32-29(34)21-8-6-20(7-9-21)25-4-2-3-5-28(25)41(30,37)38/h2-18,33H,1H3,(H,32,34)(H2,30,37,38). The van der Waals surface area contributed by atoms with E-state index < -0.39 is 25.8 Å². The van der Waals surface area contributed by atoms with E-state index in [2.05, 4.69) is 15.8 Å². The largest absolute Gasteiger partial charge is 0.380 e. The van der Waals surface area contributed by atoms with E-state index in [0.717, 1.165) is 17.0 Å². The number of carbonyl (C=O) groups is 1. The lowest BCUT2D eigenvalue weighted by Gasteiger charge is -2.15. The van der Waals surface area contributed by atoms with Crippen molar-refractivity contribution in [3.05, 3.63) is 109 Å². The average molecular weight is 589 g/mol. The number of nitrogens with one attached hydrogen (secondary N) is 2. The molecule has 0 atom stereocenters. The molecule has 4 N–H and O–H groups in total. The summed E-state index contributed by atoms with van der Waals surface area (Å²) in [6.45, 7) is 0. The van der Waals surface area contributed by atoms with Gasteiger partial charge in [-0.15, -0.1) is 0 Å². The van der Waals surface area contributed by atoms with Crippen molar-refractivity contribution in [2.45, 2.75) is 9.79 Å². The highest BCUT2D eigenvalue weighted by Crippen LogP contribution is 2.30. The molecule has 0 bridgehead atoms. The zero-order valence-corrected chi connectivity index (χ0v) is 23.2. The van der Waals surface area contributed by atoms with Crippen molar-refractivity contribution < 1.29 is 26.5 Å². The Bertz CT molecular complexity index is 1990. The third kappa shape index (κ3) is 6.35. The van der Waals surface area contributed by atoms with Gasteiger partial charge in [0.15, 0.2) is 15.6 Å². The number of hydrogen-bond donors (Lipinski definition) is 3. The number of nitrogens with zero attached hydrogens (tertiary/aromatic N) is 1. The lowest BCUT2D eigenvalue weighted by Crippen LogP contribution is -2.15. The molecular weight excluding hydrogens is 564 g/mol. The molecule has 5 rings (SSSR count). The SMILES string of the molecule is CS(=O)(=O)c1ccc(ONc2ccc3ccncc3c2)c(NC(=O)c2ccc(-c3ccccc3S(N)(=O)=O)cc2)c1. The molecule has 0 aliphatic rings. The van der Waals surface area contributed by atoms with Crippen LogP contribution in [0.5, 0.6) is 5.75 Å². The van der Waals surface area contributed by atoms with E-state index in [9.17, 15) is 21.6 Å². The third-order valence-corrected chi connectivity index (χ3v) is 8.28. The highest BCUT2D eigenvalue weighted by atomic mass is 32.2. The van der Waals surface area contributed by atoms with Crippen molar-refractivity contribution in [3.63, 3.8) is 0 Å². The summed E-state index contributed by atoms with van der Waals surface area (Å²) in [5.74, 6) is -0.362. The van der Waals surface area contributed by atoms with Crippen molar-refractivity contribution in [1.29, 1.82) is 0 Å². The van der Waals surface area contributed by atoms with E-state index in [1.165, 1.54) is 36.4 Å². The van der Waals surface area contributed by atoms with Crippen LogP contribution in [0.4, 0.5) is 11.4 Å². The molecule has 4 aromatic carbocycles. The summed E-state index contributed by atoms with van der Waals surface area (Å²) in [5.41, 5.74) is 4.74. The van der Waals surface area contributed by atoms with Gasteiger partial charge in [-0.25, -0.2) is 27.5 Å². The predicted octanol–water partition coefficient (Wildman–Crippen LogP) is 4.61. The fraction of sp³-hybridized carbons (Fsp3) is 0.0345. The van der Waals surface area contributed by atoms with E-state index in [0.29, 0.717) is 16.8 Å². The van der Waals surface area contributed by atoms with Crippen LogP contribution in [0, 0.1) is 0 Å². The van der Waals surface area contributed by atoms with E-state index >= 15 is 0 Å². The third-order valence-electron chi connectivity index (χ3n) is 6.20. The molecule has 10 nitrogen and oxygen atoms in total. The highest BCUT2D eigenvalue weighted by molar-refractivity contribution is 7.90. The summed E-state index contributed by atoms with van der Waals surface area (Å²) in [7, 11) is -7.54. The van der Waals surface area contributed by atoms with Gasteiger partial charge < -0.3 is 10.2 Å². The second-order valence-electron chi connectivity index (χ2n) is 9.14. The summed E-state index contributed by atoms with van der Waals surface area (Å²) in [5, 5.41) is 9.94. The molecule has 5 aromatic rings. The first-order valence-corrected chi connectivity index (χ1v) is 15.6. The summed E-state index contributed by atoms with van der Waals surface area (Å²) < 4.78 is 48.4. The highest BCUT2D eigenvalue weighted by Gasteiger charge is 2.18. The minimum atomic E-state index is -3.96. The lowest BCUT2D eigenvalue weighted by molar-refractivity contribution is 0.102. The molecule has 1 aromatic heterocycles. The van der Waals surface area contributed by atoms with Crippen LogP contribution < -0.4 is 20.8 Å². The molecule has 0 aliphatic carbocycles. The van der Waals surface area contributed by atoms with Crippen molar-refractivity contribution in [3.8, 4) is 16.9 Å². The minimum Gasteiger partial charge on any atom is -0.380 e. The zero-order chi connectivity index (χ0) is 29.2. The minimum absolute atomic E-state index is 0.00752. The van der Waals surface area contributed by atoms with Crippen LogP contribution in [0.25, 0.3) is 21.9 Å². The molecule has 0 aliphatic heterocycles. The predicted molar refractivity (Wildman–Crippen MR) is 157 cm³/mol. The van der Waals surface area contributed by atoms with E-state index in [1.807, 2.05) is 18.2 Å². The van der Waals surface area contributed by atoms with Crippen molar-refractivity contribution >= 4 is 47.9 Å². The van der Waals surface area contributed by atoms with Crippen LogP contribution in [0.2, 0.25) is 0 Å². The summed E-state index contributed by atoms with van der Waals surface area (Å²) in [6.07, 6.45) is 4.47. The Morgan fingerprint density at radius 2 is 1.61 bits per heavy atom. The number of primary sulfonamides is 1. The number of aromatic nitrogens is 1. The lowest BCUT2D eigenvalue weighted by atomic mass is 10.0. The number of nitrogens with two attached hydrogens (primary N) is 1. The molecule has 0 radical (unpaired) electrons. The Kier molecular flexibility index (Phi) is 7.45. The second-order valence-corrected chi connectivity index (χ2v) is 12.7. The molecule has 0 spiro atoms. The maximum Gasteiger partial charge on any atom is 0.255 e. The van der Waals surface area contributed by atoms with E-state index in [4.69, 9.17) is 9.98 Å². The van der Waals surface area contributed by atoms with Crippen molar-refractivity contribution in [2.75, 3.05) is 17.1 Å². The summed E-state index contributed by atoms with van der Waals surface area (Å²) >= 11 is 0. The molecule has 0 unspecified atom stereocenters. The fourth-order valence-electron chi connectivity index (χ4n) is 4.14. The van der Waals surface area contributed by atoms with Crippen LogP contribution in [-0.2, 0) is 19.9 Å². The number of sulfone groups is 1. The number of sulfonamides is 1. The van der Waals surface area contributed by atoms with Crippen LogP contribution in [0.1, 0.15) is 10.4 Å². The van der Waals surface area contributed by atoms with Gasteiger partial charge in [0.2, 0.25) is 10.0 Å². The Hall–Kier alpha value is -4.78. The molecule has 1 amide bonds. The first kappa shape index (κ1) is 27.8. The molecule has 12 heteroatoms.